The Morgan fingerprint density at radius 1 is 1.32 bits per heavy atom. The van der Waals surface area contributed by atoms with Crippen LogP contribution in [0, 0.1) is 0 Å². The minimum absolute atomic E-state index is 0.239. The van der Waals surface area contributed by atoms with Crippen molar-refractivity contribution >= 4 is 17.5 Å². The maximum absolute atomic E-state index is 12.8. The first-order valence-electron chi connectivity index (χ1n) is 9.71. The van der Waals surface area contributed by atoms with Gasteiger partial charge in [-0.15, -0.1) is 4.72 Å². The van der Waals surface area contributed by atoms with E-state index < -0.39 is 27.3 Å². The van der Waals surface area contributed by atoms with Crippen molar-refractivity contribution in [3.8, 4) is 5.88 Å². The van der Waals surface area contributed by atoms with Gasteiger partial charge in [-0.05, 0) is 47.6 Å². The summed E-state index contributed by atoms with van der Waals surface area (Å²) in [6.45, 7) is 12.4. The largest absolute Gasteiger partial charge is 0.598 e. The van der Waals surface area contributed by atoms with E-state index in [2.05, 4.69) is 9.71 Å². The SMILES string of the molecule is CC(C)(C)OC(=O)N1CCC2(CC1)Oc1ncccc1[C@H]2N[S@+]([O-])C(C)(C)C. The van der Waals surface area contributed by atoms with E-state index >= 15 is 0 Å². The Hall–Kier alpha value is -1.51. The summed E-state index contributed by atoms with van der Waals surface area (Å²) in [7, 11) is 0. The molecule has 2 aliphatic rings. The van der Waals surface area contributed by atoms with E-state index in [1.807, 2.05) is 53.7 Å². The predicted molar refractivity (Wildman–Crippen MR) is 108 cm³/mol. The zero-order valence-corrected chi connectivity index (χ0v) is 18.4. The summed E-state index contributed by atoms with van der Waals surface area (Å²) in [5, 5.41) is 0. The molecule has 7 nitrogen and oxygen atoms in total. The number of piperidine rings is 1. The van der Waals surface area contributed by atoms with Gasteiger partial charge < -0.3 is 18.9 Å². The minimum atomic E-state index is -1.26. The molecule has 156 valence electrons. The Morgan fingerprint density at radius 3 is 2.54 bits per heavy atom. The van der Waals surface area contributed by atoms with Crippen molar-refractivity contribution in [2.45, 2.75) is 76.4 Å². The van der Waals surface area contributed by atoms with Crippen LogP contribution in [0.5, 0.6) is 5.88 Å². The number of fused-ring (bicyclic) bond motifs is 1. The number of carbonyl (C=O) groups is 1. The summed E-state index contributed by atoms with van der Waals surface area (Å²) in [4.78, 5) is 18.5. The monoisotopic (exact) mass is 409 g/mol. The molecule has 0 bridgehead atoms. The van der Waals surface area contributed by atoms with Crippen LogP contribution < -0.4 is 9.46 Å². The maximum Gasteiger partial charge on any atom is 0.410 e. The summed E-state index contributed by atoms with van der Waals surface area (Å²) in [5.74, 6) is 0.580. The van der Waals surface area contributed by atoms with Crippen LogP contribution in [-0.2, 0) is 16.1 Å². The van der Waals surface area contributed by atoms with Crippen LogP contribution in [0.25, 0.3) is 0 Å². The Bertz CT molecular complexity index is 721. The third-order valence-corrected chi connectivity index (χ3v) is 6.54. The highest BCUT2D eigenvalue weighted by atomic mass is 32.2. The first-order chi connectivity index (χ1) is 12.9. The number of amides is 1. The van der Waals surface area contributed by atoms with Gasteiger partial charge in [0, 0.05) is 49.1 Å². The Morgan fingerprint density at radius 2 is 1.96 bits per heavy atom. The van der Waals surface area contributed by atoms with Gasteiger partial charge in [-0.3, -0.25) is 0 Å². The predicted octanol–water partition coefficient (Wildman–Crippen LogP) is 3.34. The molecular formula is C20H31N3O4S. The lowest BCUT2D eigenvalue weighted by Crippen LogP contribution is -2.56. The molecule has 1 spiro atoms. The van der Waals surface area contributed by atoms with Crippen molar-refractivity contribution in [2.24, 2.45) is 0 Å². The Kier molecular flexibility index (Phi) is 5.59. The van der Waals surface area contributed by atoms with Crippen molar-refractivity contribution in [1.29, 1.82) is 0 Å². The number of aromatic nitrogens is 1. The number of pyridine rings is 1. The van der Waals surface area contributed by atoms with E-state index in [4.69, 9.17) is 9.47 Å². The molecule has 28 heavy (non-hydrogen) atoms. The van der Waals surface area contributed by atoms with Crippen LogP contribution in [0.4, 0.5) is 4.79 Å². The van der Waals surface area contributed by atoms with Gasteiger partial charge in [0.2, 0.25) is 5.88 Å². The number of rotatable bonds is 2. The molecule has 0 saturated carbocycles. The quantitative estimate of drug-likeness (QED) is 0.754. The third-order valence-electron chi connectivity index (χ3n) is 4.98. The zero-order chi connectivity index (χ0) is 20.7. The number of hydrogen-bond acceptors (Lipinski definition) is 6. The van der Waals surface area contributed by atoms with Gasteiger partial charge in [0.25, 0.3) is 0 Å². The fourth-order valence-corrected chi connectivity index (χ4v) is 4.39. The van der Waals surface area contributed by atoms with Gasteiger partial charge in [0.15, 0.2) is 0 Å². The first kappa shape index (κ1) is 21.2. The number of hydrogen-bond donors (Lipinski definition) is 1. The number of likely N-dealkylation sites (tertiary alicyclic amines) is 1. The average Bonchev–Trinajstić information content (AvgIpc) is 2.86. The summed E-state index contributed by atoms with van der Waals surface area (Å²) in [5.41, 5.74) is -0.175. The van der Waals surface area contributed by atoms with Crippen molar-refractivity contribution in [3.05, 3.63) is 23.9 Å². The molecule has 8 heteroatoms. The molecule has 0 radical (unpaired) electrons. The summed E-state index contributed by atoms with van der Waals surface area (Å²) in [6, 6.07) is 3.60. The smallest absolute Gasteiger partial charge is 0.410 e. The standard InChI is InChI=1S/C20H31N3O4S/c1-18(2,3)27-17(24)23-12-9-20(10-13-23)15(22-28(25)19(4,5)6)14-8-7-11-21-16(14)26-20/h7-8,11,15,22H,9-10,12-13H2,1-6H3/t15-,28-/m1/s1. The molecular weight excluding hydrogens is 378 g/mol. The molecule has 1 aromatic heterocycles. The molecule has 0 unspecified atom stereocenters. The lowest BCUT2D eigenvalue weighted by atomic mass is 9.83. The fraction of sp³-hybridized carbons (Fsp3) is 0.700. The maximum atomic E-state index is 12.8. The topological polar surface area (TPSA) is 86.8 Å². The van der Waals surface area contributed by atoms with Crippen LogP contribution >= 0.6 is 0 Å². The normalized spacial score (nSPS) is 22.5. The molecule has 1 amide bonds. The Balaban J connectivity index is 1.78. The summed E-state index contributed by atoms with van der Waals surface area (Å²) < 4.78 is 27.5. The number of carbonyl (C=O) groups excluding carboxylic acids is 1. The van der Waals surface area contributed by atoms with Gasteiger partial charge in [-0.1, -0.05) is 6.07 Å². The molecule has 3 rings (SSSR count). The molecule has 0 aromatic carbocycles. The highest BCUT2D eigenvalue weighted by Crippen LogP contribution is 2.48. The van der Waals surface area contributed by atoms with E-state index in [1.165, 1.54) is 0 Å². The van der Waals surface area contributed by atoms with Crippen molar-refractivity contribution < 1.29 is 18.8 Å². The fourth-order valence-electron chi connectivity index (χ4n) is 3.48. The van der Waals surface area contributed by atoms with Crippen LogP contribution in [0.1, 0.15) is 66.0 Å². The number of nitrogens with one attached hydrogen (secondary N) is 1. The van der Waals surface area contributed by atoms with Gasteiger partial charge in [0.05, 0.1) is 0 Å². The van der Waals surface area contributed by atoms with Crippen LogP contribution in [0.15, 0.2) is 18.3 Å². The third kappa shape index (κ3) is 4.39. The lowest BCUT2D eigenvalue weighted by molar-refractivity contribution is -0.0217. The van der Waals surface area contributed by atoms with Crippen molar-refractivity contribution in [1.82, 2.24) is 14.6 Å². The van der Waals surface area contributed by atoms with Crippen LogP contribution in [0.3, 0.4) is 0 Å². The summed E-state index contributed by atoms with van der Waals surface area (Å²) in [6.07, 6.45) is 2.62. The second kappa shape index (κ2) is 7.39. The van der Waals surface area contributed by atoms with E-state index in [0.29, 0.717) is 31.8 Å². The van der Waals surface area contributed by atoms with Crippen molar-refractivity contribution in [2.75, 3.05) is 13.1 Å². The molecule has 1 saturated heterocycles. The number of nitrogens with zero attached hydrogens (tertiary/aromatic N) is 2. The van der Waals surface area contributed by atoms with Gasteiger partial charge >= 0.3 is 6.09 Å². The van der Waals surface area contributed by atoms with Crippen LogP contribution in [-0.4, -0.2) is 49.6 Å². The molecule has 2 atom stereocenters. The Labute approximate surface area is 170 Å². The number of ether oxygens (including phenoxy) is 2. The lowest BCUT2D eigenvalue weighted by Gasteiger charge is -2.42. The van der Waals surface area contributed by atoms with Gasteiger partial charge in [0.1, 0.15) is 22.0 Å². The molecule has 2 aliphatic heterocycles. The molecule has 1 N–H and O–H groups in total. The second-order valence-electron chi connectivity index (χ2n) is 9.46. The second-order valence-corrected chi connectivity index (χ2v) is 11.5. The molecule has 0 aliphatic carbocycles. The zero-order valence-electron chi connectivity index (χ0n) is 17.6. The van der Waals surface area contributed by atoms with Crippen LogP contribution in [0.2, 0.25) is 0 Å². The molecule has 3 heterocycles. The average molecular weight is 410 g/mol. The molecule has 1 aromatic rings. The van der Waals surface area contributed by atoms with E-state index in [9.17, 15) is 9.35 Å². The van der Waals surface area contributed by atoms with Gasteiger partial charge in [-0.2, -0.15) is 0 Å². The minimum Gasteiger partial charge on any atom is -0.598 e. The summed E-state index contributed by atoms with van der Waals surface area (Å²) >= 11 is -1.26. The molecule has 1 fully saturated rings. The van der Waals surface area contributed by atoms with E-state index in [1.54, 1.807) is 11.1 Å². The highest BCUT2D eigenvalue weighted by molar-refractivity contribution is 7.90. The highest BCUT2D eigenvalue weighted by Gasteiger charge is 2.54. The first-order valence-corrected chi connectivity index (χ1v) is 10.9. The van der Waals surface area contributed by atoms with Gasteiger partial charge in [-0.25, -0.2) is 9.78 Å². The van der Waals surface area contributed by atoms with E-state index in [-0.39, 0.29) is 12.1 Å². The van der Waals surface area contributed by atoms with Crippen molar-refractivity contribution in [3.63, 3.8) is 0 Å². The van der Waals surface area contributed by atoms with E-state index in [0.717, 1.165) is 5.56 Å².